The van der Waals surface area contributed by atoms with Crippen molar-refractivity contribution in [3.8, 4) is 0 Å². The van der Waals surface area contributed by atoms with Crippen molar-refractivity contribution in [1.29, 1.82) is 0 Å². The van der Waals surface area contributed by atoms with Gasteiger partial charge in [0.25, 0.3) is 0 Å². The summed E-state index contributed by atoms with van der Waals surface area (Å²) in [5, 5.41) is 0. The Balaban J connectivity index is 2.42. The van der Waals surface area contributed by atoms with E-state index in [2.05, 4.69) is 0 Å². The van der Waals surface area contributed by atoms with Gasteiger partial charge in [-0.3, -0.25) is 0 Å². The molecule has 1 saturated carbocycles. The summed E-state index contributed by atoms with van der Waals surface area (Å²) in [4.78, 5) is 0. The number of hydrogen-bond donors (Lipinski definition) is 0. The number of benzene rings is 1. The van der Waals surface area contributed by atoms with Crippen LogP contribution in [-0.2, 0) is 0 Å². The fraction of sp³-hybridized carbons (Fsp3) is 0.222. The maximum Gasteiger partial charge on any atom is 0.126 e. The average Bonchev–Trinajstić information content (AvgIpc) is 2.76. The normalized spacial score (nSPS) is 16.9. The largest absolute Gasteiger partial charge is 0.207 e. The summed E-state index contributed by atoms with van der Waals surface area (Å²) in [6, 6.07) is 3.58. The van der Waals surface area contributed by atoms with Crippen molar-refractivity contribution in [2.45, 2.75) is 12.3 Å². The van der Waals surface area contributed by atoms with Gasteiger partial charge in [0, 0.05) is 0 Å². The summed E-state index contributed by atoms with van der Waals surface area (Å²) >= 11 is 0. The Morgan fingerprint density at radius 3 is 2.64 bits per heavy atom. The molecular weight excluding hydrogens is 146 g/mol. The van der Waals surface area contributed by atoms with Crippen LogP contribution >= 0.6 is 0 Å². The molecule has 0 aliphatic heterocycles. The lowest BCUT2D eigenvalue weighted by atomic mass is 10.1. The van der Waals surface area contributed by atoms with E-state index in [0.29, 0.717) is 5.56 Å². The molecule has 2 heteroatoms. The third-order valence-corrected chi connectivity index (χ3v) is 1.83. The molecule has 0 amide bonds. The first-order chi connectivity index (χ1) is 5.27. The highest BCUT2D eigenvalue weighted by atomic mass is 19.1. The second-order valence-electron chi connectivity index (χ2n) is 2.74. The smallest absolute Gasteiger partial charge is 0.126 e. The molecule has 0 saturated heterocycles. The second-order valence-corrected chi connectivity index (χ2v) is 2.74. The van der Waals surface area contributed by atoms with E-state index in [1.165, 1.54) is 12.1 Å². The fourth-order valence-electron chi connectivity index (χ4n) is 1.12. The predicted octanol–water partition coefficient (Wildman–Crippen LogP) is 2.66. The van der Waals surface area contributed by atoms with Crippen molar-refractivity contribution in [2.24, 2.45) is 0 Å². The van der Waals surface area contributed by atoms with E-state index < -0.39 is 0 Å². The minimum atomic E-state index is -0.360. The second kappa shape index (κ2) is 2.29. The van der Waals surface area contributed by atoms with Gasteiger partial charge in [-0.1, -0.05) is 0 Å². The van der Waals surface area contributed by atoms with Crippen molar-refractivity contribution in [3.63, 3.8) is 0 Å². The summed E-state index contributed by atoms with van der Waals surface area (Å²) in [7, 11) is 0. The van der Waals surface area contributed by atoms with Crippen molar-refractivity contribution >= 4 is 0 Å². The van der Waals surface area contributed by atoms with Gasteiger partial charge in [-0.25, -0.2) is 8.78 Å². The number of rotatable bonds is 1. The van der Waals surface area contributed by atoms with Gasteiger partial charge in [0.1, 0.15) is 11.6 Å². The van der Waals surface area contributed by atoms with Gasteiger partial charge in [0.15, 0.2) is 0 Å². The summed E-state index contributed by atoms with van der Waals surface area (Å²) in [6.45, 7) is 0. The molecule has 0 heterocycles. The van der Waals surface area contributed by atoms with Crippen LogP contribution in [0.3, 0.4) is 0 Å². The molecular formula is C9H7F2. The lowest BCUT2D eigenvalue weighted by Crippen LogP contribution is -1.87. The summed E-state index contributed by atoms with van der Waals surface area (Å²) in [5.74, 6) is -0.502. The van der Waals surface area contributed by atoms with Gasteiger partial charge in [0.05, 0.1) is 0 Å². The maximum absolute atomic E-state index is 12.9. The van der Waals surface area contributed by atoms with Crippen LogP contribution in [0.5, 0.6) is 0 Å². The predicted molar refractivity (Wildman–Crippen MR) is 38.0 cm³/mol. The van der Waals surface area contributed by atoms with E-state index in [4.69, 9.17) is 0 Å². The van der Waals surface area contributed by atoms with Gasteiger partial charge in [-0.2, -0.15) is 0 Å². The van der Waals surface area contributed by atoms with Crippen LogP contribution in [0.2, 0.25) is 0 Å². The van der Waals surface area contributed by atoms with Crippen molar-refractivity contribution in [1.82, 2.24) is 0 Å². The quantitative estimate of drug-likeness (QED) is 0.581. The van der Waals surface area contributed by atoms with Crippen LogP contribution in [0.4, 0.5) is 8.78 Å². The summed E-state index contributed by atoms with van der Waals surface area (Å²) in [6.07, 6.45) is 2.83. The van der Waals surface area contributed by atoms with Crippen molar-refractivity contribution in [3.05, 3.63) is 41.8 Å². The Morgan fingerprint density at radius 1 is 1.27 bits per heavy atom. The van der Waals surface area contributed by atoms with Crippen LogP contribution in [-0.4, -0.2) is 0 Å². The molecule has 1 unspecified atom stereocenters. The Hall–Kier alpha value is -0.920. The van der Waals surface area contributed by atoms with Crippen LogP contribution in [0.25, 0.3) is 0 Å². The van der Waals surface area contributed by atoms with E-state index in [0.717, 1.165) is 12.5 Å². The molecule has 1 aromatic carbocycles. The minimum absolute atomic E-state index is 0.158. The third-order valence-electron chi connectivity index (χ3n) is 1.83. The summed E-state index contributed by atoms with van der Waals surface area (Å²) < 4.78 is 25.4. The highest BCUT2D eigenvalue weighted by Crippen LogP contribution is 2.40. The molecule has 0 aromatic heterocycles. The van der Waals surface area contributed by atoms with Crippen LogP contribution in [0.15, 0.2) is 18.2 Å². The van der Waals surface area contributed by atoms with E-state index in [-0.39, 0.29) is 17.6 Å². The van der Waals surface area contributed by atoms with Crippen molar-refractivity contribution < 1.29 is 8.78 Å². The number of hydrogen-bond acceptors (Lipinski definition) is 0. The third kappa shape index (κ3) is 1.25. The monoisotopic (exact) mass is 153 g/mol. The van der Waals surface area contributed by atoms with E-state index in [1.807, 2.05) is 6.42 Å². The number of halogens is 2. The van der Waals surface area contributed by atoms with Gasteiger partial charge in [-0.15, -0.1) is 0 Å². The van der Waals surface area contributed by atoms with Gasteiger partial charge in [0.2, 0.25) is 0 Å². The molecule has 2 rings (SSSR count). The molecule has 1 aliphatic carbocycles. The lowest BCUT2D eigenvalue weighted by Gasteiger charge is -1.98. The topological polar surface area (TPSA) is 0 Å². The molecule has 0 spiro atoms. The first kappa shape index (κ1) is 6.77. The zero-order valence-electron chi connectivity index (χ0n) is 5.85. The zero-order chi connectivity index (χ0) is 7.84. The van der Waals surface area contributed by atoms with Crippen LogP contribution < -0.4 is 0 Å². The molecule has 1 fully saturated rings. The van der Waals surface area contributed by atoms with E-state index in [9.17, 15) is 8.78 Å². The van der Waals surface area contributed by atoms with Crippen molar-refractivity contribution in [2.75, 3.05) is 0 Å². The molecule has 0 N–H and O–H groups in total. The SMILES string of the molecule is Fc1ccc(F)c(C2[CH]C2)c1. The van der Waals surface area contributed by atoms with Gasteiger partial charge < -0.3 is 0 Å². The Labute approximate surface area is 63.9 Å². The lowest BCUT2D eigenvalue weighted by molar-refractivity contribution is 0.587. The van der Waals surface area contributed by atoms with Gasteiger partial charge in [-0.05, 0) is 42.5 Å². The fourth-order valence-corrected chi connectivity index (χ4v) is 1.12. The molecule has 57 valence electrons. The highest BCUT2D eigenvalue weighted by molar-refractivity contribution is 5.31. The van der Waals surface area contributed by atoms with E-state index in [1.54, 1.807) is 0 Å². The molecule has 1 aromatic rings. The maximum atomic E-state index is 12.9. The molecule has 1 atom stereocenters. The molecule has 1 aliphatic rings. The molecule has 11 heavy (non-hydrogen) atoms. The van der Waals surface area contributed by atoms with Crippen LogP contribution in [0.1, 0.15) is 17.9 Å². The average molecular weight is 153 g/mol. The Morgan fingerprint density at radius 2 is 2.00 bits per heavy atom. The summed E-state index contributed by atoms with van der Waals surface area (Å²) in [5.41, 5.74) is 0.491. The van der Waals surface area contributed by atoms with E-state index >= 15 is 0 Å². The van der Waals surface area contributed by atoms with Crippen LogP contribution in [0, 0.1) is 18.1 Å². The minimum Gasteiger partial charge on any atom is -0.207 e. The molecule has 0 bridgehead atoms. The Kier molecular flexibility index (Phi) is 1.41. The molecule has 1 radical (unpaired) electrons. The molecule has 0 nitrogen and oxygen atoms in total. The first-order valence-corrected chi connectivity index (χ1v) is 3.55. The highest BCUT2D eigenvalue weighted by Gasteiger charge is 2.26. The standard InChI is InChI=1S/C9H7F2/c10-7-3-4-9(11)8(5-7)6-1-2-6/h1,3-6H,2H2. The van der Waals surface area contributed by atoms with Gasteiger partial charge >= 0.3 is 0 Å². The zero-order valence-corrected chi connectivity index (χ0v) is 5.85. The first-order valence-electron chi connectivity index (χ1n) is 3.55. The Bertz CT molecular complexity index is 277.